The van der Waals surface area contributed by atoms with Crippen molar-refractivity contribution in [3.63, 3.8) is 0 Å². The van der Waals surface area contributed by atoms with Crippen LogP contribution in [0.5, 0.6) is 11.6 Å². The summed E-state index contributed by atoms with van der Waals surface area (Å²) in [5, 5.41) is 0. The summed E-state index contributed by atoms with van der Waals surface area (Å²) < 4.78 is 5.90. The van der Waals surface area contributed by atoms with Crippen molar-refractivity contribution in [3.05, 3.63) is 72.8 Å². The Labute approximate surface area is 129 Å². The van der Waals surface area contributed by atoms with E-state index in [-0.39, 0.29) is 0 Å². The minimum Gasteiger partial charge on any atom is -0.438 e. The highest BCUT2D eigenvalue weighted by Gasteiger charge is 2.10. The highest BCUT2D eigenvalue weighted by Crippen LogP contribution is 2.30. The predicted octanol–water partition coefficient (Wildman–Crippen LogP) is 4.28. The van der Waals surface area contributed by atoms with Crippen LogP contribution in [-0.4, -0.2) is 15.0 Å². The van der Waals surface area contributed by atoms with Crippen molar-refractivity contribution in [3.8, 4) is 22.9 Å². The molecule has 0 radical (unpaired) electrons. The molecule has 0 amide bonds. The van der Waals surface area contributed by atoms with Gasteiger partial charge in [-0.3, -0.25) is 0 Å². The minimum atomic E-state index is 0.514. The zero-order chi connectivity index (χ0) is 15.4. The Morgan fingerprint density at radius 1 is 1.00 bits per heavy atom. The van der Waals surface area contributed by atoms with Crippen molar-refractivity contribution in [2.75, 3.05) is 0 Å². The summed E-state index contributed by atoms with van der Waals surface area (Å²) >= 11 is 0. The maximum Gasteiger partial charge on any atom is 0.228 e. The topological polar surface area (TPSA) is 47.9 Å². The number of aryl methyl sites for hydroxylation is 1. The second kappa shape index (κ2) is 6.18. The highest BCUT2D eigenvalue weighted by atomic mass is 16.5. The van der Waals surface area contributed by atoms with E-state index in [0.29, 0.717) is 11.7 Å². The average molecular weight is 289 g/mol. The smallest absolute Gasteiger partial charge is 0.228 e. The molecule has 0 atom stereocenters. The second-order valence-electron chi connectivity index (χ2n) is 4.78. The second-order valence-corrected chi connectivity index (χ2v) is 4.78. The number of aromatic nitrogens is 3. The van der Waals surface area contributed by atoms with E-state index in [1.807, 2.05) is 49.4 Å². The zero-order valence-corrected chi connectivity index (χ0v) is 12.2. The largest absolute Gasteiger partial charge is 0.438 e. The third kappa shape index (κ3) is 3.01. The summed E-state index contributed by atoms with van der Waals surface area (Å²) in [6, 6.07) is 13.4. The van der Waals surface area contributed by atoms with Gasteiger partial charge in [-0.2, -0.15) is 0 Å². The van der Waals surface area contributed by atoms with Crippen LogP contribution in [0.2, 0.25) is 0 Å². The first kappa shape index (κ1) is 13.9. The summed E-state index contributed by atoms with van der Waals surface area (Å²) in [5.74, 6) is 1.83. The van der Waals surface area contributed by atoms with Crippen molar-refractivity contribution >= 4 is 6.08 Å². The number of hydrogen-bond donors (Lipinski definition) is 0. The Morgan fingerprint density at radius 2 is 1.82 bits per heavy atom. The van der Waals surface area contributed by atoms with E-state index >= 15 is 0 Å². The van der Waals surface area contributed by atoms with Gasteiger partial charge in [0, 0.05) is 12.4 Å². The molecule has 3 aromatic rings. The van der Waals surface area contributed by atoms with Gasteiger partial charge in [-0.1, -0.05) is 24.3 Å². The Hall–Kier alpha value is -3.01. The van der Waals surface area contributed by atoms with Crippen molar-refractivity contribution in [2.24, 2.45) is 0 Å². The Bertz CT molecular complexity index is 797. The summed E-state index contributed by atoms with van der Waals surface area (Å²) in [6.07, 6.45) is 5.00. The molecule has 0 aliphatic carbocycles. The molecule has 2 heterocycles. The molecule has 0 unspecified atom stereocenters. The first-order chi connectivity index (χ1) is 10.8. The number of rotatable bonds is 4. The molecule has 0 saturated heterocycles. The van der Waals surface area contributed by atoms with Gasteiger partial charge in [0.05, 0.1) is 11.3 Å². The minimum absolute atomic E-state index is 0.514. The molecule has 0 spiro atoms. The van der Waals surface area contributed by atoms with Crippen LogP contribution in [0.4, 0.5) is 0 Å². The Kier molecular flexibility index (Phi) is 3.92. The molecule has 0 bridgehead atoms. The fourth-order valence-corrected chi connectivity index (χ4v) is 2.01. The third-order valence-electron chi connectivity index (χ3n) is 3.14. The van der Waals surface area contributed by atoms with E-state index in [1.54, 1.807) is 18.5 Å². The van der Waals surface area contributed by atoms with Gasteiger partial charge in [0.2, 0.25) is 5.88 Å². The van der Waals surface area contributed by atoms with Crippen molar-refractivity contribution in [1.29, 1.82) is 0 Å². The molecule has 2 aromatic heterocycles. The van der Waals surface area contributed by atoms with Crippen LogP contribution in [0.3, 0.4) is 0 Å². The molecular formula is C18H15N3O. The van der Waals surface area contributed by atoms with Crippen molar-refractivity contribution < 1.29 is 4.74 Å². The van der Waals surface area contributed by atoms with Crippen LogP contribution < -0.4 is 4.74 Å². The van der Waals surface area contributed by atoms with Gasteiger partial charge in [0.1, 0.15) is 5.75 Å². The van der Waals surface area contributed by atoms with Gasteiger partial charge in [0.15, 0.2) is 5.82 Å². The molecule has 0 aliphatic heterocycles. The summed E-state index contributed by atoms with van der Waals surface area (Å²) in [5.41, 5.74) is 2.74. The molecule has 0 saturated carbocycles. The van der Waals surface area contributed by atoms with Gasteiger partial charge in [-0.15, -0.1) is 0 Å². The average Bonchev–Trinajstić information content (AvgIpc) is 2.57. The summed E-state index contributed by atoms with van der Waals surface area (Å²) in [7, 11) is 0. The lowest BCUT2D eigenvalue weighted by molar-refractivity contribution is 0.464. The summed E-state index contributed by atoms with van der Waals surface area (Å²) in [6.45, 7) is 5.73. The fraction of sp³-hybridized carbons (Fsp3) is 0.0556. The number of hydrogen-bond acceptors (Lipinski definition) is 4. The maximum atomic E-state index is 5.90. The Morgan fingerprint density at radius 3 is 2.59 bits per heavy atom. The molecule has 0 N–H and O–H groups in total. The van der Waals surface area contributed by atoms with E-state index in [9.17, 15) is 0 Å². The first-order valence-electron chi connectivity index (χ1n) is 6.91. The van der Waals surface area contributed by atoms with E-state index < -0.39 is 0 Å². The lowest BCUT2D eigenvalue weighted by atomic mass is 10.2. The quantitative estimate of drug-likeness (QED) is 0.719. The van der Waals surface area contributed by atoms with E-state index in [2.05, 4.69) is 21.5 Å². The molecule has 4 nitrogen and oxygen atoms in total. The van der Waals surface area contributed by atoms with E-state index in [0.717, 1.165) is 17.0 Å². The summed E-state index contributed by atoms with van der Waals surface area (Å²) in [4.78, 5) is 12.9. The van der Waals surface area contributed by atoms with Gasteiger partial charge in [-0.05, 0) is 43.3 Å². The van der Waals surface area contributed by atoms with Crippen LogP contribution in [0, 0.1) is 6.92 Å². The third-order valence-corrected chi connectivity index (χ3v) is 3.14. The number of ether oxygens (including phenoxy) is 1. The zero-order valence-electron chi connectivity index (χ0n) is 12.2. The van der Waals surface area contributed by atoms with Crippen LogP contribution in [0.1, 0.15) is 11.4 Å². The number of nitrogens with zero attached hydrogens (tertiary/aromatic N) is 3. The van der Waals surface area contributed by atoms with Gasteiger partial charge in [0.25, 0.3) is 0 Å². The molecular weight excluding hydrogens is 274 g/mol. The fourth-order valence-electron chi connectivity index (χ4n) is 2.01. The van der Waals surface area contributed by atoms with E-state index in [4.69, 9.17) is 4.74 Å². The SMILES string of the molecule is C=Cc1nccc(-c2cccnc2Oc2ccc(C)cc2)n1. The standard InChI is InChI=1S/C18H15N3O/c1-3-17-19-12-10-16(21-17)15-5-4-11-20-18(15)22-14-8-6-13(2)7-9-14/h3-12H,1H2,2H3. The van der Waals surface area contributed by atoms with Crippen LogP contribution in [0.15, 0.2) is 61.4 Å². The van der Waals surface area contributed by atoms with Crippen molar-refractivity contribution in [2.45, 2.75) is 6.92 Å². The Balaban J connectivity index is 1.99. The normalized spacial score (nSPS) is 10.2. The molecule has 4 heteroatoms. The molecule has 108 valence electrons. The monoisotopic (exact) mass is 289 g/mol. The van der Waals surface area contributed by atoms with Crippen molar-refractivity contribution in [1.82, 2.24) is 15.0 Å². The molecule has 1 aromatic carbocycles. The van der Waals surface area contributed by atoms with Gasteiger partial charge >= 0.3 is 0 Å². The first-order valence-corrected chi connectivity index (χ1v) is 6.91. The highest BCUT2D eigenvalue weighted by molar-refractivity contribution is 5.65. The molecule has 0 aliphatic rings. The number of pyridine rings is 1. The predicted molar refractivity (Wildman–Crippen MR) is 86.6 cm³/mol. The molecule has 3 rings (SSSR count). The van der Waals surface area contributed by atoms with Gasteiger partial charge in [-0.25, -0.2) is 15.0 Å². The van der Waals surface area contributed by atoms with Crippen LogP contribution in [-0.2, 0) is 0 Å². The van der Waals surface area contributed by atoms with Gasteiger partial charge < -0.3 is 4.74 Å². The van der Waals surface area contributed by atoms with Crippen LogP contribution in [0.25, 0.3) is 17.3 Å². The molecule has 22 heavy (non-hydrogen) atoms. The van der Waals surface area contributed by atoms with E-state index in [1.165, 1.54) is 5.56 Å². The molecule has 0 fully saturated rings. The maximum absolute atomic E-state index is 5.90. The number of benzene rings is 1. The van der Waals surface area contributed by atoms with Crippen LogP contribution >= 0.6 is 0 Å². The lowest BCUT2D eigenvalue weighted by Crippen LogP contribution is -1.95. The lowest BCUT2D eigenvalue weighted by Gasteiger charge is -2.10.